The van der Waals surface area contributed by atoms with E-state index < -0.39 is 0 Å². The molecule has 0 spiro atoms. The summed E-state index contributed by atoms with van der Waals surface area (Å²) in [5.74, 6) is 1.35. The molecule has 0 saturated heterocycles. The van der Waals surface area contributed by atoms with Crippen LogP contribution in [0.25, 0.3) is 11.1 Å². The van der Waals surface area contributed by atoms with Gasteiger partial charge in [-0.25, -0.2) is 0 Å². The number of nitrogens with zero attached hydrogens (tertiary/aromatic N) is 1. The molecule has 0 fully saturated rings. The van der Waals surface area contributed by atoms with Gasteiger partial charge in [0.1, 0.15) is 0 Å². The van der Waals surface area contributed by atoms with Crippen LogP contribution in [0.5, 0.6) is 11.5 Å². The maximum absolute atomic E-state index is 12.2. The number of aromatic nitrogens is 1. The van der Waals surface area contributed by atoms with E-state index in [2.05, 4.69) is 5.32 Å². The second-order valence-corrected chi connectivity index (χ2v) is 6.38. The van der Waals surface area contributed by atoms with Gasteiger partial charge in [-0.1, -0.05) is 18.2 Å². The van der Waals surface area contributed by atoms with Gasteiger partial charge in [-0.05, 0) is 48.5 Å². The highest BCUT2D eigenvalue weighted by Crippen LogP contribution is 2.27. The third kappa shape index (κ3) is 4.49. The Labute approximate surface area is 162 Å². The number of ether oxygens (including phenoxy) is 2. The van der Waals surface area contributed by atoms with Crippen LogP contribution in [0.15, 0.2) is 46.9 Å². The predicted octanol–water partition coefficient (Wildman–Crippen LogP) is 3.73. The van der Waals surface area contributed by atoms with Crippen molar-refractivity contribution >= 4 is 29.2 Å². The summed E-state index contributed by atoms with van der Waals surface area (Å²) in [6.45, 7) is 1.03. The number of carbonyl (C=O) groups excluding carboxylic acids is 1. The third-order valence-electron chi connectivity index (χ3n) is 4.32. The molecular formula is C20H22N2O4S. The minimum absolute atomic E-state index is 0.0253. The van der Waals surface area contributed by atoms with Gasteiger partial charge < -0.3 is 19.2 Å². The van der Waals surface area contributed by atoms with E-state index >= 15 is 0 Å². The second kappa shape index (κ2) is 8.73. The number of methoxy groups -OCH3 is 2. The monoisotopic (exact) mass is 386 g/mol. The van der Waals surface area contributed by atoms with E-state index in [1.165, 1.54) is 0 Å². The molecule has 7 heteroatoms. The Morgan fingerprint density at radius 2 is 1.93 bits per heavy atom. The molecule has 142 valence electrons. The quantitative estimate of drug-likeness (QED) is 0.598. The number of amides is 1. The number of nitrogens with one attached hydrogen (secondary N) is 1. The molecule has 6 nitrogen and oxygen atoms in total. The zero-order chi connectivity index (χ0) is 19.2. The smallest absolute Gasteiger partial charge is 0.269 e. The van der Waals surface area contributed by atoms with Gasteiger partial charge in [-0.3, -0.25) is 9.36 Å². The van der Waals surface area contributed by atoms with Gasteiger partial charge in [-0.15, -0.1) is 0 Å². The largest absolute Gasteiger partial charge is 0.493 e. The van der Waals surface area contributed by atoms with Crippen molar-refractivity contribution in [2.75, 3.05) is 20.8 Å². The zero-order valence-corrected chi connectivity index (χ0v) is 16.2. The maximum Gasteiger partial charge on any atom is 0.269 e. The molecule has 1 N–H and O–H groups in total. The van der Waals surface area contributed by atoms with Crippen molar-refractivity contribution in [2.24, 2.45) is 0 Å². The first-order valence-corrected chi connectivity index (χ1v) is 9.09. The number of fused-ring (bicyclic) bond motifs is 1. The number of rotatable bonds is 8. The van der Waals surface area contributed by atoms with Crippen molar-refractivity contribution < 1.29 is 18.7 Å². The molecule has 0 radical (unpaired) electrons. The number of hydrogen-bond acceptors (Lipinski definition) is 5. The normalized spacial score (nSPS) is 10.7. The molecule has 0 aliphatic heterocycles. The van der Waals surface area contributed by atoms with Crippen LogP contribution in [0, 0.1) is 4.84 Å². The molecule has 0 saturated carbocycles. The van der Waals surface area contributed by atoms with E-state index in [9.17, 15) is 4.79 Å². The van der Waals surface area contributed by atoms with Crippen molar-refractivity contribution in [3.63, 3.8) is 0 Å². The molecule has 0 unspecified atom stereocenters. The summed E-state index contributed by atoms with van der Waals surface area (Å²) < 4.78 is 17.9. The maximum atomic E-state index is 12.2. The van der Waals surface area contributed by atoms with E-state index in [0.717, 1.165) is 16.7 Å². The van der Waals surface area contributed by atoms with Crippen LogP contribution in [-0.4, -0.2) is 31.2 Å². The Kier molecular flexibility index (Phi) is 6.13. The van der Waals surface area contributed by atoms with E-state index in [-0.39, 0.29) is 5.91 Å². The van der Waals surface area contributed by atoms with Crippen molar-refractivity contribution in [2.45, 2.75) is 19.4 Å². The highest BCUT2D eigenvalue weighted by molar-refractivity contribution is 7.71. The van der Waals surface area contributed by atoms with Crippen LogP contribution in [-0.2, 0) is 17.8 Å². The molecule has 3 aromatic rings. The summed E-state index contributed by atoms with van der Waals surface area (Å²) in [6.07, 6.45) is 1.05. The van der Waals surface area contributed by atoms with Crippen molar-refractivity contribution in [3.8, 4) is 11.5 Å². The van der Waals surface area contributed by atoms with E-state index in [1.807, 2.05) is 47.0 Å². The topological polar surface area (TPSA) is 65.6 Å². The Balaban J connectivity index is 1.51. The van der Waals surface area contributed by atoms with Crippen LogP contribution in [0.2, 0.25) is 0 Å². The van der Waals surface area contributed by atoms with E-state index in [1.54, 1.807) is 14.2 Å². The number of benzene rings is 2. The fourth-order valence-electron chi connectivity index (χ4n) is 2.91. The average molecular weight is 386 g/mol. The lowest BCUT2D eigenvalue weighted by Gasteiger charge is -2.10. The van der Waals surface area contributed by atoms with Crippen LogP contribution in [0.1, 0.15) is 12.0 Å². The first kappa shape index (κ1) is 19.0. The highest BCUT2D eigenvalue weighted by Gasteiger charge is 2.09. The Bertz CT molecular complexity index is 993. The summed E-state index contributed by atoms with van der Waals surface area (Å²) in [7, 11) is 3.21. The first-order chi connectivity index (χ1) is 13.1. The van der Waals surface area contributed by atoms with Crippen molar-refractivity contribution in [3.05, 3.63) is 52.9 Å². The molecule has 1 aromatic heterocycles. The van der Waals surface area contributed by atoms with E-state index in [0.29, 0.717) is 42.3 Å². The summed E-state index contributed by atoms with van der Waals surface area (Å²) in [4.78, 5) is 12.5. The molecule has 1 heterocycles. The van der Waals surface area contributed by atoms with Crippen LogP contribution >= 0.6 is 12.2 Å². The van der Waals surface area contributed by atoms with Gasteiger partial charge in [0, 0.05) is 19.5 Å². The molecule has 1 amide bonds. The zero-order valence-electron chi connectivity index (χ0n) is 15.4. The first-order valence-electron chi connectivity index (χ1n) is 8.68. The number of oxazole rings is 1. The summed E-state index contributed by atoms with van der Waals surface area (Å²) in [5.41, 5.74) is 2.70. The molecular weight excluding hydrogens is 364 g/mol. The van der Waals surface area contributed by atoms with Gasteiger partial charge in [0.25, 0.3) is 4.84 Å². The SMILES string of the molecule is COc1ccc(CCNC(=O)CCn2c(=S)oc3ccccc32)cc1OC. The van der Waals surface area contributed by atoms with Crippen LogP contribution in [0.3, 0.4) is 0 Å². The number of para-hydroxylation sites is 2. The minimum Gasteiger partial charge on any atom is -0.493 e. The van der Waals surface area contributed by atoms with Crippen LogP contribution < -0.4 is 14.8 Å². The van der Waals surface area contributed by atoms with Crippen LogP contribution in [0.4, 0.5) is 0 Å². The molecule has 27 heavy (non-hydrogen) atoms. The van der Waals surface area contributed by atoms with Gasteiger partial charge in [-0.2, -0.15) is 0 Å². The van der Waals surface area contributed by atoms with Gasteiger partial charge >= 0.3 is 0 Å². The van der Waals surface area contributed by atoms with Gasteiger partial charge in [0.15, 0.2) is 17.1 Å². The standard InChI is InChI=1S/C20H22N2O4S/c1-24-17-8-7-14(13-18(17)25-2)9-11-21-19(23)10-12-22-15-5-3-4-6-16(15)26-20(22)27/h3-8,13H,9-12H2,1-2H3,(H,21,23). The Hall–Kier alpha value is -2.80. The molecule has 0 atom stereocenters. The average Bonchev–Trinajstić information content (AvgIpc) is 3.01. The summed E-state index contributed by atoms with van der Waals surface area (Å²) in [6, 6.07) is 13.4. The van der Waals surface area contributed by atoms with Gasteiger partial charge in [0.2, 0.25) is 5.91 Å². The lowest BCUT2D eigenvalue weighted by molar-refractivity contribution is -0.121. The van der Waals surface area contributed by atoms with E-state index in [4.69, 9.17) is 26.1 Å². The molecule has 3 rings (SSSR count). The molecule has 0 aliphatic rings. The predicted molar refractivity (Wildman–Crippen MR) is 106 cm³/mol. The Morgan fingerprint density at radius 3 is 2.70 bits per heavy atom. The molecule has 0 bridgehead atoms. The lowest BCUT2D eigenvalue weighted by Crippen LogP contribution is -2.26. The summed E-state index contributed by atoms with van der Waals surface area (Å²) >= 11 is 5.24. The van der Waals surface area contributed by atoms with Crippen molar-refractivity contribution in [1.29, 1.82) is 0 Å². The third-order valence-corrected chi connectivity index (χ3v) is 4.62. The number of aryl methyl sites for hydroxylation is 1. The number of carbonyl (C=O) groups is 1. The second-order valence-electron chi connectivity index (χ2n) is 6.03. The highest BCUT2D eigenvalue weighted by atomic mass is 32.1. The molecule has 2 aromatic carbocycles. The van der Waals surface area contributed by atoms with Gasteiger partial charge in [0.05, 0.1) is 19.7 Å². The summed E-state index contributed by atoms with van der Waals surface area (Å²) in [5, 5.41) is 2.94. The Morgan fingerprint density at radius 1 is 1.15 bits per heavy atom. The molecule has 0 aliphatic carbocycles. The fraction of sp³-hybridized carbons (Fsp3) is 0.300. The fourth-order valence-corrected chi connectivity index (χ4v) is 3.19. The minimum atomic E-state index is -0.0253. The van der Waals surface area contributed by atoms with Crippen molar-refractivity contribution in [1.82, 2.24) is 9.88 Å². The lowest BCUT2D eigenvalue weighted by atomic mass is 10.1. The number of hydrogen-bond donors (Lipinski definition) is 1.